The normalized spacial score (nSPS) is 16.4. The van der Waals surface area contributed by atoms with Crippen LogP contribution in [-0.4, -0.2) is 112 Å². The molecule has 1 aliphatic carbocycles. The van der Waals surface area contributed by atoms with E-state index in [0.29, 0.717) is 98.2 Å². The first-order chi connectivity index (χ1) is 34.6. The smallest absolute Gasteiger partial charge is 0.418 e. The second-order valence-corrected chi connectivity index (χ2v) is 18.9. The molecule has 2 fully saturated rings. The Morgan fingerprint density at radius 3 is 2.14 bits per heavy atom. The van der Waals surface area contributed by atoms with Gasteiger partial charge in [-0.1, -0.05) is 43.5 Å². The molecular formula is C53H68F3N7O8S. The number of rotatable bonds is 27. The Bertz CT molecular complexity index is 2460. The summed E-state index contributed by atoms with van der Waals surface area (Å²) in [6.07, 6.45) is 2.40. The molecule has 0 bridgehead atoms. The Kier molecular flexibility index (Phi) is 21.0. The van der Waals surface area contributed by atoms with Crippen LogP contribution < -0.4 is 31.2 Å². The van der Waals surface area contributed by atoms with Gasteiger partial charge in [0.15, 0.2) is 0 Å². The number of allylic oxidation sites excluding steroid dienone is 2. The fourth-order valence-electron chi connectivity index (χ4n) is 8.75. The molecule has 72 heavy (non-hydrogen) atoms. The number of nitrogen functional groups attached to an aromatic ring is 1. The Labute approximate surface area is 423 Å². The maximum absolute atomic E-state index is 14.2. The van der Waals surface area contributed by atoms with Gasteiger partial charge in [-0.2, -0.15) is 13.2 Å². The van der Waals surface area contributed by atoms with E-state index in [2.05, 4.69) is 16.0 Å². The van der Waals surface area contributed by atoms with Gasteiger partial charge in [0.1, 0.15) is 41.5 Å². The van der Waals surface area contributed by atoms with Gasteiger partial charge in [-0.15, -0.1) is 11.3 Å². The number of alkyl halides is 3. The lowest BCUT2D eigenvalue weighted by Crippen LogP contribution is -2.55. The molecule has 1 saturated heterocycles. The van der Waals surface area contributed by atoms with Crippen molar-refractivity contribution >= 4 is 46.0 Å². The lowest BCUT2D eigenvalue weighted by molar-refractivity contribution is -0.139. The van der Waals surface area contributed by atoms with Crippen molar-refractivity contribution in [1.82, 2.24) is 20.5 Å². The fraction of sp³-hybridized carbons (Fsp3) is 0.491. The van der Waals surface area contributed by atoms with Crippen LogP contribution in [0.2, 0.25) is 0 Å². The minimum absolute atomic E-state index is 0.0707. The van der Waals surface area contributed by atoms with E-state index in [4.69, 9.17) is 39.8 Å². The zero-order valence-electron chi connectivity index (χ0n) is 41.5. The van der Waals surface area contributed by atoms with Gasteiger partial charge in [-0.3, -0.25) is 14.4 Å². The topological polar surface area (TPSA) is 199 Å². The van der Waals surface area contributed by atoms with Crippen LogP contribution in [0.3, 0.4) is 0 Å². The molecule has 0 unspecified atom stereocenters. The third-order valence-electron chi connectivity index (χ3n) is 12.8. The molecule has 0 spiro atoms. The molecule has 15 nitrogen and oxygen atoms in total. The van der Waals surface area contributed by atoms with Gasteiger partial charge in [0.25, 0.3) is 0 Å². The summed E-state index contributed by atoms with van der Waals surface area (Å²) in [4.78, 5) is 47.4. The van der Waals surface area contributed by atoms with Crippen molar-refractivity contribution < 1.29 is 51.2 Å². The van der Waals surface area contributed by atoms with Crippen LogP contribution in [0.25, 0.3) is 0 Å². The number of likely N-dealkylation sites (tertiary alicyclic amines) is 1. The molecule has 1 aliphatic heterocycles. The van der Waals surface area contributed by atoms with E-state index in [1.54, 1.807) is 57.5 Å². The van der Waals surface area contributed by atoms with E-state index in [9.17, 15) is 27.6 Å². The molecule has 1 saturated carbocycles. The number of nitrogens with one attached hydrogen (secondary N) is 4. The number of nitrogens with two attached hydrogens (primary N) is 1. The quantitative estimate of drug-likeness (QED) is 0.0165. The monoisotopic (exact) mass is 1020 g/mol. The van der Waals surface area contributed by atoms with E-state index >= 15 is 0 Å². The largest absolute Gasteiger partial charge is 0.491 e. The second kappa shape index (κ2) is 27.3. The van der Waals surface area contributed by atoms with Gasteiger partial charge in [-0.25, -0.2) is 4.98 Å². The van der Waals surface area contributed by atoms with Gasteiger partial charge < -0.3 is 55.7 Å². The van der Waals surface area contributed by atoms with Gasteiger partial charge in [-0.05, 0) is 113 Å². The van der Waals surface area contributed by atoms with Crippen molar-refractivity contribution in [3.8, 4) is 11.5 Å². The summed E-state index contributed by atoms with van der Waals surface area (Å²) < 4.78 is 68.7. The molecule has 6 N–H and O–H groups in total. The SMILES string of the molecule is CN[C@@H](C)C(=O)N[C@H](C(=O)N1CCC[C@H]1c1nc(C(=O)c2cccc(OCCOCCOCCOCCOc3ccc(C/C(C(C)=N)=C(\C)Nc4ccc(N)c(C(F)(F)F)c4)cc3)c2)cs1)C1CCCCC1. The molecule has 390 valence electrons. The number of halogens is 3. The maximum atomic E-state index is 14.2. The number of nitrogens with zero attached hydrogens (tertiary/aromatic N) is 2. The van der Waals surface area contributed by atoms with Gasteiger partial charge in [0.05, 0.1) is 57.3 Å². The summed E-state index contributed by atoms with van der Waals surface area (Å²) in [5, 5.41) is 19.8. The molecule has 3 aromatic carbocycles. The predicted octanol–water partition coefficient (Wildman–Crippen LogP) is 8.79. The van der Waals surface area contributed by atoms with E-state index in [-0.39, 0.29) is 53.3 Å². The number of benzene rings is 3. The molecule has 0 radical (unpaired) electrons. The highest BCUT2D eigenvalue weighted by atomic mass is 32.1. The Hall–Kier alpha value is -5.86. The van der Waals surface area contributed by atoms with Crippen molar-refractivity contribution in [2.24, 2.45) is 5.92 Å². The van der Waals surface area contributed by atoms with Crippen LogP contribution >= 0.6 is 11.3 Å². The number of carbonyl (C=O) groups excluding carboxylic acids is 3. The van der Waals surface area contributed by atoms with E-state index in [1.165, 1.54) is 23.5 Å². The first-order valence-corrected chi connectivity index (χ1v) is 25.5. The number of hydrogen-bond donors (Lipinski definition) is 5. The van der Waals surface area contributed by atoms with Crippen LogP contribution in [0.4, 0.5) is 24.5 Å². The summed E-state index contributed by atoms with van der Waals surface area (Å²) in [5.41, 5.74) is 7.64. The first-order valence-electron chi connectivity index (χ1n) is 24.6. The highest BCUT2D eigenvalue weighted by Gasteiger charge is 2.40. The Morgan fingerprint density at radius 1 is 0.847 bits per heavy atom. The average molecular weight is 1020 g/mol. The number of thiazole rings is 1. The fourth-order valence-corrected chi connectivity index (χ4v) is 9.69. The van der Waals surface area contributed by atoms with Crippen LogP contribution in [0, 0.1) is 11.3 Å². The van der Waals surface area contributed by atoms with Gasteiger partial charge >= 0.3 is 6.18 Å². The number of aromatic nitrogens is 1. The second-order valence-electron chi connectivity index (χ2n) is 18.0. The zero-order valence-corrected chi connectivity index (χ0v) is 42.4. The molecule has 2 heterocycles. The third-order valence-corrected chi connectivity index (χ3v) is 13.8. The van der Waals surface area contributed by atoms with Crippen LogP contribution in [-0.2, 0) is 36.4 Å². The summed E-state index contributed by atoms with van der Waals surface area (Å²) in [6, 6.07) is 16.7. The number of amides is 2. The van der Waals surface area contributed by atoms with Crippen molar-refractivity contribution in [3.05, 3.63) is 111 Å². The van der Waals surface area contributed by atoms with Gasteiger partial charge in [0.2, 0.25) is 17.6 Å². The van der Waals surface area contributed by atoms with Crippen molar-refractivity contribution in [2.75, 3.05) is 77.5 Å². The summed E-state index contributed by atoms with van der Waals surface area (Å²) in [6.45, 7) is 8.47. The Balaban J connectivity index is 0.840. The van der Waals surface area contributed by atoms with Crippen molar-refractivity contribution in [2.45, 2.75) is 96.4 Å². The Morgan fingerprint density at radius 2 is 1.50 bits per heavy atom. The molecule has 1 aromatic heterocycles. The predicted molar refractivity (Wildman–Crippen MR) is 272 cm³/mol. The lowest BCUT2D eigenvalue weighted by Gasteiger charge is -2.35. The highest BCUT2D eigenvalue weighted by Crippen LogP contribution is 2.38. The molecule has 2 amide bonds. The van der Waals surface area contributed by atoms with Crippen molar-refractivity contribution in [3.63, 3.8) is 0 Å². The number of anilines is 2. The lowest BCUT2D eigenvalue weighted by atomic mass is 9.83. The molecule has 3 atom stereocenters. The minimum atomic E-state index is -4.58. The number of ketones is 1. The molecule has 6 rings (SSSR count). The standard InChI is InChI=1S/C53H68F3N7O8S/c1-34(57)43(35(2)60-40-17-20-45(58)44(32-40)53(54,55)56)30-37-15-18-41(19-16-37)70-28-26-68-24-22-67-23-25-69-27-29-71-42-13-8-12-39(31-42)49(64)46-33-72-51(61-46)47-14-9-21-63(47)52(66)48(38-10-6-5-7-11-38)62-50(65)36(3)59-4/h8,12-13,15-20,31-33,36,38,47-48,57,59-60H,5-7,9-11,14,21-30,58H2,1-4H3,(H,62,65)/b43-35-,57-34?/t36-,47-,48-/m0/s1. The average Bonchev–Trinajstić information content (AvgIpc) is 4.08. The molecular weight excluding hydrogens is 952 g/mol. The summed E-state index contributed by atoms with van der Waals surface area (Å²) in [7, 11) is 1.73. The zero-order chi connectivity index (χ0) is 51.6. The number of likely N-dealkylation sites (N-methyl/N-ethyl adjacent to an activating group) is 1. The minimum Gasteiger partial charge on any atom is -0.491 e. The molecule has 19 heteroatoms. The number of carbonyl (C=O) groups is 3. The number of ether oxygens (including phenoxy) is 5. The third kappa shape index (κ3) is 16.1. The van der Waals surface area contributed by atoms with Crippen LogP contribution in [0.1, 0.15) is 104 Å². The molecule has 4 aromatic rings. The van der Waals surface area contributed by atoms with Crippen LogP contribution in [0.5, 0.6) is 11.5 Å². The van der Waals surface area contributed by atoms with E-state index < -0.39 is 23.8 Å². The number of hydrogen-bond acceptors (Lipinski definition) is 14. The summed E-state index contributed by atoms with van der Waals surface area (Å²) >= 11 is 1.38. The van der Waals surface area contributed by atoms with Crippen LogP contribution in [0.15, 0.2) is 83.4 Å². The first kappa shape index (κ1) is 55.5. The maximum Gasteiger partial charge on any atom is 0.418 e. The molecule has 2 aliphatic rings. The highest BCUT2D eigenvalue weighted by molar-refractivity contribution is 7.10. The summed E-state index contributed by atoms with van der Waals surface area (Å²) in [5.74, 6) is 0.764. The van der Waals surface area contributed by atoms with Crippen molar-refractivity contribution in [1.29, 1.82) is 5.41 Å². The van der Waals surface area contributed by atoms with E-state index in [1.807, 2.05) is 29.2 Å². The van der Waals surface area contributed by atoms with Gasteiger partial charge in [0, 0.05) is 46.7 Å². The van der Waals surface area contributed by atoms with E-state index in [0.717, 1.165) is 56.6 Å².